The van der Waals surface area contributed by atoms with Crippen LogP contribution in [0.3, 0.4) is 0 Å². The molecule has 0 atom stereocenters. The summed E-state index contributed by atoms with van der Waals surface area (Å²) in [5.74, 6) is 0. The molecule has 20 heavy (non-hydrogen) atoms. The first kappa shape index (κ1) is 15.4. The number of thiazole rings is 2. The summed E-state index contributed by atoms with van der Waals surface area (Å²) < 4.78 is 0. The smallest absolute Gasteiger partial charge is 0.183 e. The monoisotopic (exact) mass is 309 g/mol. The van der Waals surface area contributed by atoms with Gasteiger partial charge in [-0.25, -0.2) is 9.97 Å². The van der Waals surface area contributed by atoms with E-state index >= 15 is 0 Å². The van der Waals surface area contributed by atoms with Crippen molar-refractivity contribution in [1.82, 2.24) is 9.97 Å². The Morgan fingerprint density at radius 1 is 1.25 bits per heavy atom. The van der Waals surface area contributed by atoms with Crippen molar-refractivity contribution < 1.29 is 0 Å². The lowest BCUT2D eigenvalue weighted by Crippen LogP contribution is -2.10. The predicted octanol–water partition coefficient (Wildman–Crippen LogP) is 5.08. The molecule has 2 aromatic rings. The zero-order valence-corrected chi connectivity index (χ0v) is 14.5. The molecule has 3 nitrogen and oxygen atoms in total. The summed E-state index contributed by atoms with van der Waals surface area (Å²) >= 11 is 3.44. The van der Waals surface area contributed by atoms with E-state index in [1.807, 2.05) is 0 Å². The van der Waals surface area contributed by atoms with Crippen molar-refractivity contribution in [2.75, 3.05) is 11.9 Å². The van der Waals surface area contributed by atoms with E-state index in [0.717, 1.165) is 23.1 Å². The van der Waals surface area contributed by atoms with E-state index in [0.29, 0.717) is 0 Å². The SMILES string of the molecule is CCCCNc1nc(-c2sc(C(C)(C)C)nc2C)cs1. The first-order chi connectivity index (χ1) is 9.41. The highest BCUT2D eigenvalue weighted by atomic mass is 32.1. The second-order valence-electron chi connectivity index (χ2n) is 6.00. The third-order valence-corrected chi connectivity index (χ3v) is 5.39. The van der Waals surface area contributed by atoms with Crippen LogP contribution in [0.15, 0.2) is 5.38 Å². The number of hydrogen-bond acceptors (Lipinski definition) is 5. The van der Waals surface area contributed by atoms with Crippen molar-refractivity contribution in [3.8, 4) is 10.6 Å². The molecule has 0 spiro atoms. The zero-order chi connectivity index (χ0) is 14.8. The molecule has 5 heteroatoms. The molecule has 0 fully saturated rings. The first-order valence-electron chi connectivity index (χ1n) is 7.09. The number of aromatic nitrogens is 2. The second kappa shape index (κ2) is 6.22. The summed E-state index contributed by atoms with van der Waals surface area (Å²) in [7, 11) is 0. The molecule has 0 bridgehead atoms. The Balaban J connectivity index is 2.18. The minimum absolute atomic E-state index is 0.103. The van der Waals surface area contributed by atoms with Crippen molar-refractivity contribution in [2.24, 2.45) is 0 Å². The van der Waals surface area contributed by atoms with E-state index in [-0.39, 0.29) is 5.41 Å². The lowest BCUT2D eigenvalue weighted by molar-refractivity contribution is 0.584. The third-order valence-electron chi connectivity index (χ3n) is 2.98. The van der Waals surface area contributed by atoms with Crippen molar-refractivity contribution >= 4 is 27.8 Å². The van der Waals surface area contributed by atoms with Crippen LogP contribution in [0.5, 0.6) is 0 Å². The minimum atomic E-state index is 0.103. The molecule has 0 aliphatic rings. The highest BCUT2D eigenvalue weighted by molar-refractivity contribution is 7.17. The number of anilines is 1. The average Bonchev–Trinajstić information content (AvgIpc) is 2.95. The van der Waals surface area contributed by atoms with E-state index in [4.69, 9.17) is 4.98 Å². The van der Waals surface area contributed by atoms with Crippen molar-refractivity contribution in [3.05, 3.63) is 16.1 Å². The number of nitrogens with zero attached hydrogens (tertiary/aromatic N) is 2. The topological polar surface area (TPSA) is 37.8 Å². The van der Waals surface area contributed by atoms with Gasteiger partial charge in [-0.05, 0) is 13.3 Å². The maximum absolute atomic E-state index is 4.71. The molecule has 0 amide bonds. The van der Waals surface area contributed by atoms with E-state index in [1.54, 1.807) is 22.7 Å². The summed E-state index contributed by atoms with van der Waals surface area (Å²) in [6.45, 7) is 11.9. The van der Waals surface area contributed by atoms with Crippen molar-refractivity contribution in [2.45, 2.75) is 52.9 Å². The third kappa shape index (κ3) is 3.58. The molecule has 2 rings (SSSR count). The fourth-order valence-electron chi connectivity index (χ4n) is 1.79. The molecular formula is C15H23N3S2. The Bertz CT molecular complexity index is 564. The molecule has 0 aromatic carbocycles. The van der Waals surface area contributed by atoms with Gasteiger partial charge < -0.3 is 5.32 Å². The van der Waals surface area contributed by atoms with Gasteiger partial charge in [0.1, 0.15) is 0 Å². The van der Waals surface area contributed by atoms with E-state index in [2.05, 4.69) is 50.3 Å². The molecule has 2 aromatic heterocycles. The van der Waals surface area contributed by atoms with E-state index in [9.17, 15) is 0 Å². The van der Waals surface area contributed by atoms with E-state index in [1.165, 1.54) is 22.7 Å². The predicted molar refractivity (Wildman–Crippen MR) is 90.1 cm³/mol. The van der Waals surface area contributed by atoms with Gasteiger partial charge >= 0.3 is 0 Å². The fourth-order valence-corrected chi connectivity index (χ4v) is 3.68. The highest BCUT2D eigenvalue weighted by Crippen LogP contribution is 2.36. The van der Waals surface area contributed by atoms with Crippen LogP contribution >= 0.6 is 22.7 Å². The summed E-state index contributed by atoms with van der Waals surface area (Å²) in [5.41, 5.74) is 2.25. The molecule has 0 saturated heterocycles. The van der Waals surface area contributed by atoms with Crippen LogP contribution in [0, 0.1) is 6.92 Å². The van der Waals surface area contributed by atoms with Crippen LogP contribution in [0.25, 0.3) is 10.6 Å². The summed E-state index contributed by atoms with van der Waals surface area (Å²) in [4.78, 5) is 10.6. The fraction of sp³-hybridized carbons (Fsp3) is 0.600. The van der Waals surface area contributed by atoms with Gasteiger partial charge in [-0.3, -0.25) is 0 Å². The van der Waals surface area contributed by atoms with Crippen LogP contribution in [-0.2, 0) is 5.41 Å². The van der Waals surface area contributed by atoms with Gasteiger partial charge in [-0.1, -0.05) is 34.1 Å². The normalized spacial score (nSPS) is 11.8. The molecule has 0 aliphatic heterocycles. The largest absolute Gasteiger partial charge is 0.362 e. The lowest BCUT2D eigenvalue weighted by Gasteiger charge is -2.13. The zero-order valence-electron chi connectivity index (χ0n) is 12.9. The standard InChI is InChI=1S/C15H23N3S2/c1-6-7-8-16-14-18-11(9-19-14)12-10(2)17-13(20-12)15(3,4)5/h9H,6-8H2,1-5H3,(H,16,18). The van der Waals surface area contributed by atoms with Crippen LogP contribution in [0.4, 0.5) is 5.13 Å². The van der Waals surface area contributed by atoms with Gasteiger partial charge in [-0.2, -0.15) is 0 Å². The molecule has 0 unspecified atom stereocenters. The summed E-state index contributed by atoms with van der Waals surface area (Å²) in [6.07, 6.45) is 2.39. The quantitative estimate of drug-likeness (QED) is 0.782. The molecule has 110 valence electrons. The number of unbranched alkanes of at least 4 members (excludes halogenated alkanes) is 1. The number of rotatable bonds is 5. The van der Waals surface area contributed by atoms with Gasteiger partial charge in [0.2, 0.25) is 0 Å². The first-order valence-corrected chi connectivity index (χ1v) is 8.79. The van der Waals surface area contributed by atoms with Crippen LogP contribution < -0.4 is 5.32 Å². The minimum Gasteiger partial charge on any atom is -0.362 e. The van der Waals surface area contributed by atoms with Crippen molar-refractivity contribution in [3.63, 3.8) is 0 Å². The van der Waals surface area contributed by atoms with Gasteiger partial charge in [0, 0.05) is 17.3 Å². The highest BCUT2D eigenvalue weighted by Gasteiger charge is 2.21. The van der Waals surface area contributed by atoms with Gasteiger partial charge in [0.25, 0.3) is 0 Å². The van der Waals surface area contributed by atoms with Gasteiger partial charge in [0.05, 0.1) is 21.3 Å². The summed E-state index contributed by atoms with van der Waals surface area (Å²) in [5, 5.41) is 7.70. The Labute approximate surface area is 129 Å². The van der Waals surface area contributed by atoms with Crippen LogP contribution in [0.1, 0.15) is 51.2 Å². The molecule has 0 radical (unpaired) electrons. The van der Waals surface area contributed by atoms with Crippen LogP contribution in [-0.4, -0.2) is 16.5 Å². The molecule has 2 heterocycles. The molecule has 0 saturated carbocycles. The maximum Gasteiger partial charge on any atom is 0.183 e. The maximum atomic E-state index is 4.71. The molecule has 1 N–H and O–H groups in total. The Kier molecular flexibility index (Phi) is 4.81. The van der Waals surface area contributed by atoms with Gasteiger partial charge in [-0.15, -0.1) is 22.7 Å². The molecule has 0 aliphatic carbocycles. The van der Waals surface area contributed by atoms with Crippen LogP contribution in [0.2, 0.25) is 0 Å². The number of hydrogen-bond donors (Lipinski definition) is 1. The Hall–Kier alpha value is -0.940. The Morgan fingerprint density at radius 2 is 2.00 bits per heavy atom. The Morgan fingerprint density at radius 3 is 2.60 bits per heavy atom. The average molecular weight is 310 g/mol. The lowest BCUT2D eigenvalue weighted by atomic mass is 9.98. The van der Waals surface area contributed by atoms with E-state index < -0.39 is 0 Å². The second-order valence-corrected chi connectivity index (χ2v) is 7.86. The molecular weight excluding hydrogens is 286 g/mol. The van der Waals surface area contributed by atoms with Crippen molar-refractivity contribution in [1.29, 1.82) is 0 Å². The van der Waals surface area contributed by atoms with Gasteiger partial charge in [0.15, 0.2) is 5.13 Å². The number of aryl methyl sites for hydroxylation is 1. The number of nitrogens with one attached hydrogen (secondary N) is 1. The summed E-state index contributed by atoms with van der Waals surface area (Å²) in [6, 6.07) is 0.